The first-order valence-electron chi connectivity index (χ1n) is 8.72. The van der Waals surface area contributed by atoms with E-state index in [4.69, 9.17) is 14.2 Å². The largest absolute Gasteiger partial charge is 0.497 e. The van der Waals surface area contributed by atoms with Crippen LogP contribution in [-0.2, 0) is 16.0 Å². The third-order valence-corrected chi connectivity index (χ3v) is 4.15. The van der Waals surface area contributed by atoms with Crippen molar-refractivity contribution in [3.63, 3.8) is 0 Å². The molecule has 5 nitrogen and oxygen atoms in total. The van der Waals surface area contributed by atoms with Crippen LogP contribution < -0.4 is 9.47 Å². The molecule has 0 aliphatic heterocycles. The van der Waals surface area contributed by atoms with E-state index in [1.807, 2.05) is 19.1 Å². The van der Waals surface area contributed by atoms with Gasteiger partial charge in [-0.25, -0.2) is 4.79 Å². The van der Waals surface area contributed by atoms with Crippen LogP contribution in [0.25, 0.3) is 6.08 Å². The van der Waals surface area contributed by atoms with Crippen LogP contribution in [0.5, 0.6) is 11.5 Å². The zero-order valence-corrected chi connectivity index (χ0v) is 16.0. The molecule has 2 aromatic carbocycles. The molecule has 0 saturated heterocycles. The molecule has 0 fully saturated rings. The fraction of sp³-hybridized carbons (Fsp3) is 0.273. The molecule has 27 heavy (non-hydrogen) atoms. The predicted molar refractivity (Wildman–Crippen MR) is 104 cm³/mol. The number of carbonyl (C=O) groups excluding carboxylic acids is 2. The first kappa shape index (κ1) is 20.2. The Hall–Kier alpha value is -3.08. The highest BCUT2D eigenvalue weighted by Crippen LogP contribution is 2.25. The monoisotopic (exact) mass is 368 g/mol. The zero-order valence-electron chi connectivity index (χ0n) is 16.0. The van der Waals surface area contributed by atoms with E-state index in [-0.39, 0.29) is 5.78 Å². The van der Waals surface area contributed by atoms with Crippen molar-refractivity contribution in [3.05, 3.63) is 65.2 Å². The van der Waals surface area contributed by atoms with Crippen molar-refractivity contribution in [3.8, 4) is 11.5 Å². The Kier molecular flexibility index (Phi) is 7.17. The number of hydrogen-bond donors (Lipinski definition) is 0. The van der Waals surface area contributed by atoms with Gasteiger partial charge in [-0.1, -0.05) is 31.2 Å². The van der Waals surface area contributed by atoms with Gasteiger partial charge in [-0.05, 0) is 37.1 Å². The molecule has 0 N–H and O–H groups in total. The molecule has 2 aromatic rings. The summed E-state index contributed by atoms with van der Waals surface area (Å²) in [5.41, 5.74) is 2.37. The summed E-state index contributed by atoms with van der Waals surface area (Å²) >= 11 is 0. The minimum Gasteiger partial charge on any atom is -0.497 e. The van der Waals surface area contributed by atoms with Crippen molar-refractivity contribution in [2.75, 3.05) is 14.2 Å². The minimum atomic E-state index is -0.868. The Bertz CT molecular complexity index is 821. The summed E-state index contributed by atoms with van der Waals surface area (Å²) in [4.78, 5) is 24.4. The number of Topliss-reactive ketones (excluding diaryl/α,β-unsaturated/α-hetero) is 1. The summed E-state index contributed by atoms with van der Waals surface area (Å²) in [6.07, 6.45) is 2.88. The van der Waals surface area contributed by atoms with Crippen molar-refractivity contribution in [1.82, 2.24) is 0 Å². The number of aryl methyl sites for hydroxylation is 1. The number of ether oxygens (including phenoxy) is 3. The second-order valence-electron chi connectivity index (χ2n) is 5.94. The summed E-state index contributed by atoms with van der Waals surface area (Å²) in [5.74, 6) is 0.388. The van der Waals surface area contributed by atoms with E-state index in [1.54, 1.807) is 50.4 Å². The molecular formula is C22H24O5. The number of benzene rings is 2. The fourth-order valence-electron chi connectivity index (χ4n) is 2.52. The normalized spacial score (nSPS) is 11.9. The van der Waals surface area contributed by atoms with Crippen LogP contribution in [0.1, 0.15) is 35.3 Å². The highest BCUT2D eigenvalue weighted by molar-refractivity contribution is 6.01. The van der Waals surface area contributed by atoms with Crippen LogP contribution in [0.15, 0.2) is 48.5 Å². The van der Waals surface area contributed by atoms with Crippen molar-refractivity contribution < 1.29 is 23.8 Å². The molecule has 0 bridgehead atoms. The Morgan fingerprint density at radius 3 is 2.33 bits per heavy atom. The molecule has 0 aliphatic carbocycles. The van der Waals surface area contributed by atoms with Crippen molar-refractivity contribution in [2.45, 2.75) is 26.4 Å². The Labute approximate surface area is 159 Å². The highest BCUT2D eigenvalue weighted by atomic mass is 16.5. The SMILES string of the molecule is CCc1ccc(C(=O)C(C)OC(=O)C=Cc2ccc(OC)cc2OC)cc1. The molecule has 0 radical (unpaired) electrons. The average Bonchev–Trinajstić information content (AvgIpc) is 2.71. The first-order valence-corrected chi connectivity index (χ1v) is 8.72. The van der Waals surface area contributed by atoms with Crippen LogP contribution in [0.2, 0.25) is 0 Å². The molecule has 0 saturated carbocycles. The quantitative estimate of drug-likeness (QED) is 0.399. The van der Waals surface area contributed by atoms with Gasteiger partial charge in [0.25, 0.3) is 0 Å². The summed E-state index contributed by atoms with van der Waals surface area (Å²) in [7, 11) is 3.10. The van der Waals surface area contributed by atoms with Crippen molar-refractivity contribution >= 4 is 17.8 Å². The lowest BCUT2D eigenvalue weighted by molar-refractivity contribution is -0.140. The number of rotatable bonds is 8. The van der Waals surface area contributed by atoms with E-state index in [2.05, 4.69) is 0 Å². The van der Waals surface area contributed by atoms with E-state index < -0.39 is 12.1 Å². The molecule has 0 aliphatic rings. The summed E-state index contributed by atoms with van der Waals surface area (Å²) in [6.45, 7) is 3.61. The number of carbonyl (C=O) groups is 2. The van der Waals surface area contributed by atoms with Crippen LogP contribution in [0.3, 0.4) is 0 Å². The predicted octanol–water partition coefficient (Wildman–Crippen LogP) is 4.09. The Morgan fingerprint density at radius 1 is 1.04 bits per heavy atom. The van der Waals surface area contributed by atoms with Crippen molar-refractivity contribution in [1.29, 1.82) is 0 Å². The fourth-order valence-corrected chi connectivity index (χ4v) is 2.52. The summed E-state index contributed by atoms with van der Waals surface area (Å²) in [5, 5.41) is 0. The molecule has 1 unspecified atom stereocenters. The molecule has 0 spiro atoms. The van der Waals surface area contributed by atoms with E-state index >= 15 is 0 Å². The van der Waals surface area contributed by atoms with Gasteiger partial charge in [0, 0.05) is 23.3 Å². The summed E-state index contributed by atoms with van der Waals surface area (Å²) < 4.78 is 15.6. The van der Waals surface area contributed by atoms with Gasteiger partial charge >= 0.3 is 5.97 Å². The molecular weight excluding hydrogens is 344 g/mol. The van der Waals surface area contributed by atoms with Gasteiger partial charge in [0.05, 0.1) is 14.2 Å². The standard InChI is InChI=1S/C22H24O5/c1-5-16-6-8-18(9-7-16)22(24)15(2)27-21(23)13-11-17-10-12-19(25-3)14-20(17)26-4/h6-15H,5H2,1-4H3. The first-order chi connectivity index (χ1) is 13.0. The van der Waals surface area contributed by atoms with Crippen LogP contribution in [-0.4, -0.2) is 32.1 Å². The van der Waals surface area contributed by atoms with Gasteiger partial charge in [0.15, 0.2) is 6.10 Å². The van der Waals surface area contributed by atoms with Gasteiger partial charge in [0.1, 0.15) is 11.5 Å². The number of methoxy groups -OCH3 is 2. The van der Waals surface area contributed by atoms with E-state index in [1.165, 1.54) is 13.2 Å². The number of hydrogen-bond acceptors (Lipinski definition) is 5. The Balaban J connectivity index is 2.01. The van der Waals surface area contributed by atoms with Gasteiger partial charge < -0.3 is 14.2 Å². The third kappa shape index (κ3) is 5.45. The maximum absolute atomic E-state index is 12.4. The second-order valence-corrected chi connectivity index (χ2v) is 5.94. The molecule has 0 heterocycles. The molecule has 1 atom stereocenters. The molecule has 142 valence electrons. The number of ketones is 1. The molecule has 0 aromatic heterocycles. The maximum Gasteiger partial charge on any atom is 0.331 e. The summed E-state index contributed by atoms with van der Waals surface area (Å²) in [6, 6.07) is 12.6. The van der Waals surface area contributed by atoms with Crippen LogP contribution in [0.4, 0.5) is 0 Å². The van der Waals surface area contributed by atoms with Gasteiger partial charge in [0.2, 0.25) is 5.78 Å². The van der Waals surface area contributed by atoms with E-state index in [0.29, 0.717) is 22.6 Å². The molecule has 0 amide bonds. The lowest BCUT2D eigenvalue weighted by atomic mass is 10.0. The van der Waals surface area contributed by atoms with Gasteiger partial charge in [-0.2, -0.15) is 0 Å². The van der Waals surface area contributed by atoms with Gasteiger partial charge in [-0.15, -0.1) is 0 Å². The molecule has 5 heteroatoms. The van der Waals surface area contributed by atoms with Crippen LogP contribution in [0, 0.1) is 0 Å². The number of esters is 1. The minimum absolute atomic E-state index is 0.235. The second kappa shape index (κ2) is 9.57. The lowest BCUT2D eigenvalue weighted by Gasteiger charge is -2.11. The highest BCUT2D eigenvalue weighted by Gasteiger charge is 2.18. The van der Waals surface area contributed by atoms with E-state index in [9.17, 15) is 9.59 Å². The van der Waals surface area contributed by atoms with Crippen LogP contribution >= 0.6 is 0 Å². The zero-order chi connectivity index (χ0) is 19.8. The maximum atomic E-state index is 12.4. The van der Waals surface area contributed by atoms with Crippen molar-refractivity contribution in [2.24, 2.45) is 0 Å². The average molecular weight is 368 g/mol. The smallest absolute Gasteiger partial charge is 0.331 e. The molecule has 2 rings (SSSR count). The third-order valence-electron chi connectivity index (χ3n) is 4.15. The van der Waals surface area contributed by atoms with Gasteiger partial charge in [-0.3, -0.25) is 4.79 Å². The van der Waals surface area contributed by atoms with E-state index in [0.717, 1.165) is 12.0 Å². The lowest BCUT2D eigenvalue weighted by Crippen LogP contribution is -2.23. The Morgan fingerprint density at radius 2 is 1.74 bits per heavy atom. The topological polar surface area (TPSA) is 61.8 Å².